The molecule has 3 nitrogen and oxygen atoms in total. The minimum absolute atomic E-state index is 0.378. The van der Waals surface area contributed by atoms with Gasteiger partial charge in [0.25, 0.3) is 0 Å². The molecule has 2 saturated heterocycles. The van der Waals surface area contributed by atoms with Crippen molar-refractivity contribution >= 4 is 27.3 Å². The molecule has 0 saturated carbocycles. The molecule has 0 radical (unpaired) electrons. The standard InChI is InChI=1S/C15H24BrN3S/c1-10-8-18-5-3-4-12(18)9-19(10)14(7-17)15-6-13(16)11(2)20-15/h6,10,12,14H,3-5,7-9,17H2,1-2H3. The van der Waals surface area contributed by atoms with E-state index in [1.165, 1.54) is 46.7 Å². The summed E-state index contributed by atoms with van der Waals surface area (Å²) in [6.45, 7) is 8.91. The van der Waals surface area contributed by atoms with Gasteiger partial charge in [0.05, 0.1) is 6.04 Å². The van der Waals surface area contributed by atoms with Crippen LogP contribution in [0, 0.1) is 6.92 Å². The summed E-state index contributed by atoms with van der Waals surface area (Å²) >= 11 is 5.53. The molecule has 2 fully saturated rings. The van der Waals surface area contributed by atoms with Crippen molar-refractivity contribution in [3.63, 3.8) is 0 Å². The summed E-state index contributed by atoms with van der Waals surface area (Å²) in [6, 6.07) is 4.00. The molecule has 2 aliphatic heterocycles. The Balaban J connectivity index is 1.81. The van der Waals surface area contributed by atoms with E-state index in [9.17, 15) is 0 Å². The average Bonchev–Trinajstić information content (AvgIpc) is 2.98. The second-order valence-electron chi connectivity index (χ2n) is 6.14. The summed E-state index contributed by atoms with van der Waals surface area (Å²) in [7, 11) is 0. The molecular formula is C15H24BrN3S. The lowest BCUT2D eigenvalue weighted by molar-refractivity contribution is 0.0306. The number of aryl methyl sites for hydroxylation is 1. The van der Waals surface area contributed by atoms with E-state index < -0.39 is 0 Å². The average molecular weight is 358 g/mol. The fourth-order valence-corrected chi connectivity index (χ4v) is 5.40. The monoisotopic (exact) mass is 357 g/mol. The van der Waals surface area contributed by atoms with E-state index in [1.807, 2.05) is 11.3 Å². The van der Waals surface area contributed by atoms with Crippen molar-refractivity contribution in [3.05, 3.63) is 20.3 Å². The SMILES string of the molecule is Cc1sc(C(CN)N2CC3CCCN3CC2C)cc1Br. The quantitative estimate of drug-likeness (QED) is 0.902. The normalized spacial score (nSPS) is 29.6. The molecule has 2 N–H and O–H groups in total. The van der Waals surface area contributed by atoms with Gasteiger partial charge in [0, 0.05) is 45.9 Å². The van der Waals surface area contributed by atoms with Crippen molar-refractivity contribution in [2.45, 2.75) is 44.8 Å². The Labute approximate surface area is 134 Å². The molecule has 2 aliphatic rings. The molecule has 3 atom stereocenters. The van der Waals surface area contributed by atoms with Gasteiger partial charge in [-0.3, -0.25) is 9.80 Å². The smallest absolute Gasteiger partial charge is 0.0568 e. The summed E-state index contributed by atoms with van der Waals surface area (Å²) < 4.78 is 1.23. The highest BCUT2D eigenvalue weighted by molar-refractivity contribution is 9.10. The second kappa shape index (κ2) is 6.05. The number of fused-ring (bicyclic) bond motifs is 1. The van der Waals surface area contributed by atoms with Gasteiger partial charge in [-0.05, 0) is 55.2 Å². The highest BCUT2D eigenvalue weighted by Crippen LogP contribution is 2.36. The van der Waals surface area contributed by atoms with Crippen LogP contribution in [0.2, 0.25) is 0 Å². The van der Waals surface area contributed by atoms with Gasteiger partial charge in [-0.15, -0.1) is 11.3 Å². The van der Waals surface area contributed by atoms with Crippen molar-refractivity contribution in [1.29, 1.82) is 0 Å². The van der Waals surface area contributed by atoms with Crippen LogP contribution in [0.1, 0.15) is 35.6 Å². The number of hydrogen-bond acceptors (Lipinski definition) is 4. The number of rotatable bonds is 3. The molecule has 0 bridgehead atoms. The zero-order chi connectivity index (χ0) is 14.3. The lowest BCUT2D eigenvalue weighted by atomic mass is 10.0. The molecule has 0 spiro atoms. The largest absolute Gasteiger partial charge is 0.329 e. The molecule has 20 heavy (non-hydrogen) atoms. The Bertz CT molecular complexity index is 456. The topological polar surface area (TPSA) is 32.5 Å². The molecule has 5 heteroatoms. The highest BCUT2D eigenvalue weighted by Gasteiger charge is 2.37. The van der Waals surface area contributed by atoms with Crippen LogP contribution in [0.15, 0.2) is 10.5 Å². The Kier molecular flexibility index (Phi) is 4.53. The number of halogens is 1. The van der Waals surface area contributed by atoms with Gasteiger partial charge in [0.1, 0.15) is 0 Å². The van der Waals surface area contributed by atoms with Crippen LogP contribution in [0.25, 0.3) is 0 Å². The van der Waals surface area contributed by atoms with Crippen molar-refractivity contribution in [1.82, 2.24) is 9.80 Å². The number of nitrogens with two attached hydrogens (primary N) is 1. The summed E-state index contributed by atoms with van der Waals surface area (Å²) in [6.07, 6.45) is 2.72. The number of hydrogen-bond donors (Lipinski definition) is 1. The summed E-state index contributed by atoms with van der Waals surface area (Å²) in [5.41, 5.74) is 6.13. The Morgan fingerprint density at radius 3 is 2.95 bits per heavy atom. The van der Waals surface area contributed by atoms with Gasteiger partial charge in [-0.1, -0.05) is 0 Å². The number of piperazine rings is 1. The summed E-state index contributed by atoms with van der Waals surface area (Å²) in [5.74, 6) is 0. The van der Waals surface area contributed by atoms with E-state index in [0.29, 0.717) is 18.6 Å². The van der Waals surface area contributed by atoms with Gasteiger partial charge in [0.2, 0.25) is 0 Å². The third-order valence-corrected chi connectivity index (χ3v) is 7.05. The minimum Gasteiger partial charge on any atom is -0.329 e. The zero-order valence-electron chi connectivity index (χ0n) is 12.3. The van der Waals surface area contributed by atoms with E-state index >= 15 is 0 Å². The van der Waals surface area contributed by atoms with E-state index in [-0.39, 0.29) is 0 Å². The predicted molar refractivity (Wildman–Crippen MR) is 89.3 cm³/mol. The van der Waals surface area contributed by atoms with E-state index in [4.69, 9.17) is 5.73 Å². The molecule has 3 rings (SSSR count). The first kappa shape index (κ1) is 15.0. The van der Waals surface area contributed by atoms with Crippen LogP contribution in [0.5, 0.6) is 0 Å². The van der Waals surface area contributed by atoms with E-state index in [2.05, 4.69) is 45.6 Å². The maximum Gasteiger partial charge on any atom is 0.0568 e. The van der Waals surface area contributed by atoms with Gasteiger partial charge in [-0.2, -0.15) is 0 Å². The highest BCUT2D eigenvalue weighted by atomic mass is 79.9. The van der Waals surface area contributed by atoms with Crippen molar-refractivity contribution in [2.24, 2.45) is 5.73 Å². The Hall–Kier alpha value is 0.0600. The predicted octanol–water partition coefficient (Wildman–Crippen LogP) is 2.99. The fraction of sp³-hybridized carbons (Fsp3) is 0.733. The molecule has 1 aromatic heterocycles. The molecule has 1 aromatic rings. The third kappa shape index (κ3) is 2.71. The lowest BCUT2D eigenvalue weighted by Crippen LogP contribution is -2.56. The van der Waals surface area contributed by atoms with Gasteiger partial charge >= 0.3 is 0 Å². The minimum atomic E-state index is 0.378. The van der Waals surface area contributed by atoms with Crippen molar-refractivity contribution < 1.29 is 0 Å². The van der Waals surface area contributed by atoms with Crippen LogP contribution >= 0.6 is 27.3 Å². The first-order valence-electron chi connectivity index (χ1n) is 7.56. The first-order chi connectivity index (χ1) is 9.60. The van der Waals surface area contributed by atoms with Crippen LogP contribution in [-0.4, -0.2) is 48.1 Å². The van der Waals surface area contributed by atoms with Crippen LogP contribution in [-0.2, 0) is 0 Å². The lowest BCUT2D eigenvalue weighted by Gasteiger charge is -2.45. The summed E-state index contributed by atoms with van der Waals surface area (Å²) in [4.78, 5) is 8.08. The molecule has 0 aromatic carbocycles. The van der Waals surface area contributed by atoms with E-state index in [1.54, 1.807) is 0 Å². The van der Waals surface area contributed by atoms with Crippen molar-refractivity contribution in [3.8, 4) is 0 Å². The molecule has 3 unspecified atom stereocenters. The summed E-state index contributed by atoms with van der Waals surface area (Å²) in [5, 5.41) is 0. The molecule has 0 aliphatic carbocycles. The fourth-order valence-electron chi connectivity index (χ4n) is 3.70. The second-order valence-corrected chi connectivity index (χ2v) is 8.28. The molecule has 112 valence electrons. The van der Waals surface area contributed by atoms with Gasteiger partial charge < -0.3 is 5.73 Å². The number of thiophene rings is 1. The van der Waals surface area contributed by atoms with Crippen molar-refractivity contribution in [2.75, 3.05) is 26.2 Å². The van der Waals surface area contributed by atoms with E-state index in [0.717, 1.165) is 6.04 Å². The Morgan fingerprint density at radius 2 is 2.30 bits per heavy atom. The maximum absolute atomic E-state index is 6.13. The van der Waals surface area contributed by atoms with Crippen LogP contribution < -0.4 is 5.73 Å². The molecule has 3 heterocycles. The molecular weight excluding hydrogens is 334 g/mol. The molecule has 0 amide bonds. The third-order valence-electron chi connectivity index (χ3n) is 4.81. The van der Waals surface area contributed by atoms with Crippen LogP contribution in [0.3, 0.4) is 0 Å². The Morgan fingerprint density at radius 1 is 1.50 bits per heavy atom. The van der Waals surface area contributed by atoms with Crippen LogP contribution in [0.4, 0.5) is 0 Å². The maximum atomic E-state index is 6.13. The van der Waals surface area contributed by atoms with Gasteiger partial charge in [-0.25, -0.2) is 0 Å². The first-order valence-corrected chi connectivity index (χ1v) is 9.16. The number of nitrogens with zero attached hydrogens (tertiary/aromatic N) is 2. The zero-order valence-corrected chi connectivity index (χ0v) is 14.7. The van der Waals surface area contributed by atoms with Gasteiger partial charge in [0.15, 0.2) is 0 Å².